The fraction of sp³-hybridized carbons (Fsp3) is 0.400. The molecule has 0 N–H and O–H groups in total. The van der Waals surface area contributed by atoms with Crippen molar-refractivity contribution >= 4 is 0 Å². The summed E-state index contributed by atoms with van der Waals surface area (Å²) in [5.74, 6) is 0. The van der Waals surface area contributed by atoms with Gasteiger partial charge < -0.3 is 0 Å². The van der Waals surface area contributed by atoms with Crippen LogP contribution in [0.5, 0.6) is 0 Å². The fourth-order valence-electron chi connectivity index (χ4n) is 1.40. The van der Waals surface area contributed by atoms with Crippen LogP contribution in [0.2, 0.25) is 0 Å². The van der Waals surface area contributed by atoms with Crippen molar-refractivity contribution in [3.63, 3.8) is 0 Å². The molecule has 0 aliphatic heterocycles. The molecule has 0 nitrogen and oxygen atoms in total. The van der Waals surface area contributed by atoms with Gasteiger partial charge in [-0.25, -0.2) is 4.39 Å². The molecule has 1 aromatic carbocycles. The molecule has 1 rings (SSSR count). The average molecular weight is 314 g/mol. The van der Waals surface area contributed by atoms with E-state index in [0.29, 0.717) is 0 Å². The number of hydrogen-bond donors (Lipinski definition) is 0. The Balaban J connectivity index is 3.53. The maximum atomic E-state index is 13.5. The van der Waals surface area contributed by atoms with Crippen molar-refractivity contribution in [3.8, 4) is 0 Å². The summed E-state index contributed by atoms with van der Waals surface area (Å²) in [4.78, 5) is 0. The molecular weight excluding hydrogens is 310 g/mol. The molecule has 0 saturated heterocycles. The molecule has 0 saturated carbocycles. The highest BCUT2D eigenvalue weighted by molar-refractivity contribution is 5.32. The number of rotatable bonds is 1. The van der Waals surface area contributed by atoms with Gasteiger partial charge in [-0.1, -0.05) is 12.1 Å². The number of benzene rings is 1. The van der Waals surface area contributed by atoms with Gasteiger partial charge in [0.1, 0.15) is 0 Å². The lowest BCUT2D eigenvalue weighted by atomic mass is 9.92. The third-order valence-electron chi connectivity index (χ3n) is 2.37. The van der Waals surface area contributed by atoms with Crippen molar-refractivity contribution in [2.75, 3.05) is 0 Å². The molecule has 114 valence electrons. The SMILES string of the molecule is FC(F)(F)c1cccc(C(F)(C(F)(F)F)C(F)(F)F)c1. The van der Waals surface area contributed by atoms with Crippen LogP contribution < -0.4 is 0 Å². The van der Waals surface area contributed by atoms with Crippen LogP contribution in [0, 0.1) is 0 Å². The van der Waals surface area contributed by atoms with E-state index in [2.05, 4.69) is 0 Å². The lowest BCUT2D eigenvalue weighted by Gasteiger charge is -2.30. The summed E-state index contributed by atoms with van der Waals surface area (Å²) in [7, 11) is 0. The Morgan fingerprint density at radius 3 is 1.35 bits per heavy atom. The lowest BCUT2D eigenvalue weighted by molar-refractivity contribution is -0.348. The van der Waals surface area contributed by atoms with Crippen molar-refractivity contribution in [3.05, 3.63) is 35.4 Å². The van der Waals surface area contributed by atoms with Crippen LogP contribution in [0.1, 0.15) is 11.1 Å². The Labute approximate surface area is 105 Å². The second-order valence-corrected chi connectivity index (χ2v) is 3.73. The highest BCUT2D eigenvalue weighted by Gasteiger charge is 2.73. The first-order valence-electron chi connectivity index (χ1n) is 4.71. The van der Waals surface area contributed by atoms with Crippen LogP contribution in [0.3, 0.4) is 0 Å². The molecule has 0 bridgehead atoms. The number of hydrogen-bond acceptors (Lipinski definition) is 0. The van der Waals surface area contributed by atoms with Crippen LogP contribution in [0.15, 0.2) is 24.3 Å². The second kappa shape index (κ2) is 4.52. The molecule has 0 amide bonds. The topological polar surface area (TPSA) is 0 Å². The van der Waals surface area contributed by atoms with Crippen molar-refractivity contribution in [2.45, 2.75) is 24.2 Å². The maximum absolute atomic E-state index is 13.5. The van der Waals surface area contributed by atoms with Crippen LogP contribution in [0.4, 0.5) is 43.9 Å². The third-order valence-corrected chi connectivity index (χ3v) is 2.37. The summed E-state index contributed by atoms with van der Waals surface area (Å²) in [5.41, 5.74) is -9.86. The predicted octanol–water partition coefficient (Wildman–Crippen LogP) is 4.99. The van der Waals surface area contributed by atoms with Gasteiger partial charge >= 0.3 is 24.2 Å². The van der Waals surface area contributed by atoms with E-state index in [1.165, 1.54) is 0 Å². The smallest absolute Gasteiger partial charge is 0.218 e. The predicted molar refractivity (Wildman–Crippen MR) is 46.3 cm³/mol. The standard InChI is InChI=1S/C10H4F10/c11-7(9(15,16)17,10(18,19)20)5-2-1-3-6(4-5)8(12,13)14/h1-4H. The minimum absolute atomic E-state index is 0.00375. The third kappa shape index (κ3) is 2.68. The Morgan fingerprint density at radius 2 is 1.00 bits per heavy atom. The Hall–Kier alpha value is -1.48. The quantitative estimate of drug-likeness (QED) is 0.640. The maximum Gasteiger partial charge on any atom is 0.435 e. The van der Waals surface area contributed by atoms with E-state index >= 15 is 0 Å². The molecular formula is C10H4F10. The zero-order chi connectivity index (χ0) is 16.0. The molecule has 0 atom stereocenters. The summed E-state index contributed by atoms with van der Waals surface area (Å²) in [6.45, 7) is 0. The Bertz CT molecular complexity index is 464. The Morgan fingerprint density at radius 1 is 0.600 bits per heavy atom. The second-order valence-electron chi connectivity index (χ2n) is 3.73. The van der Waals surface area contributed by atoms with Crippen LogP contribution >= 0.6 is 0 Å². The zero-order valence-corrected chi connectivity index (χ0v) is 9.09. The van der Waals surface area contributed by atoms with Gasteiger partial charge in [0.25, 0.3) is 0 Å². The van der Waals surface area contributed by atoms with E-state index in [9.17, 15) is 43.9 Å². The van der Waals surface area contributed by atoms with Gasteiger partial charge in [0.2, 0.25) is 0 Å². The van der Waals surface area contributed by atoms with E-state index in [0.717, 1.165) is 0 Å². The van der Waals surface area contributed by atoms with Crippen molar-refractivity contribution in [1.29, 1.82) is 0 Å². The summed E-state index contributed by atoms with van der Waals surface area (Å²) >= 11 is 0. The minimum Gasteiger partial charge on any atom is -0.218 e. The molecule has 0 unspecified atom stereocenters. The first kappa shape index (κ1) is 16.6. The van der Waals surface area contributed by atoms with Crippen LogP contribution in [-0.4, -0.2) is 12.4 Å². The normalized spacial score (nSPS) is 14.5. The van der Waals surface area contributed by atoms with Crippen molar-refractivity contribution < 1.29 is 43.9 Å². The van der Waals surface area contributed by atoms with Gasteiger partial charge in [0.05, 0.1) is 5.56 Å². The molecule has 0 aromatic heterocycles. The molecule has 0 heterocycles. The number of halogens is 10. The highest BCUT2D eigenvalue weighted by Crippen LogP contribution is 2.53. The van der Waals surface area contributed by atoms with Gasteiger partial charge in [-0.2, -0.15) is 39.5 Å². The summed E-state index contributed by atoms with van der Waals surface area (Å²) in [6.07, 6.45) is -18.1. The lowest BCUT2D eigenvalue weighted by Crippen LogP contribution is -2.50. The van der Waals surface area contributed by atoms with Gasteiger partial charge in [-0.05, 0) is 12.1 Å². The van der Waals surface area contributed by atoms with Gasteiger partial charge in [0.15, 0.2) is 0 Å². The summed E-state index contributed by atoms with van der Waals surface area (Å²) in [6, 6.07) is -0.0160. The first-order valence-corrected chi connectivity index (χ1v) is 4.71. The zero-order valence-electron chi connectivity index (χ0n) is 9.09. The molecule has 0 radical (unpaired) electrons. The summed E-state index contributed by atoms with van der Waals surface area (Å²) < 4.78 is 124. The van der Waals surface area contributed by atoms with Crippen molar-refractivity contribution in [1.82, 2.24) is 0 Å². The van der Waals surface area contributed by atoms with Gasteiger partial charge in [0, 0.05) is 5.56 Å². The van der Waals surface area contributed by atoms with E-state index < -0.39 is 41.4 Å². The fourth-order valence-corrected chi connectivity index (χ4v) is 1.40. The Kier molecular flexibility index (Phi) is 3.75. The first-order chi connectivity index (χ1) is 8.71. The molecule has 0 aliphatic carbocycles. The van der Waals surface area contributed by atoms with Crippen LogP contribution in [-0.2, 0) is 11.8 Å². The van der Waals surface area contributed by atoms with E-state index in [1.807, 2.05) is 0 Å². The van der Waals surface area contributed by atoms with Crippen molar-refractivity contribution in [2.24, 2.45) is 0 Å². The molecule has 1 aromatic rings. The van der Waals surface area contributed by atoms with Crippen LogP contribution in [0.25, 0.3) is 0 Å². The molecule has 0 aliphatic rings. The average Bonchev–Trinajstić information content (AvgIpc) is 2.24. The van der Waals surface area contributed by atoms with E-state index in [4.69, 9.17) is 0 Å². The van der Waals surface area contributed by atoms with E-state index in [1.54, 1.807) is 0 Å². The van der Waals surface area contributed by atoms with E-state index in [-0.39, 0.29) is 18.2 Å². The molecule has 0 spiro atoms. The molecule has 10 heteroatoms. The van der Waals surface area contributed by atoms with Gasteiger partial charge in [-0.15, -0.1) is 0 Å². The monoisotopic (exact) mass is 314 g/mol. The number of alkyl halides is 10. The van der Waals surface area contributed by atoms with Gasteiger partial charge in [-0.3, -0.25) is 0 Å². The molecule has 0 fully saturated rings. The minimum atomic E-state index is -6.45. The molecule has 20 heavy (non-hydrogen) atoms. The summed E-state index contributed by atoms with van der Waals surface area (Å²) in [5, 5.41) is 0. The largest absolute Gasteiger partial charge is 0.435 e. The highest BCUT2D eigenvalue weighted by atomic mass is 19.4.